The summed E-state index contributed by atoms with van der Waals surface area (Å²) in [5, 5.41) is 12.4. The van der Waals surface area contributed by atoms with Gasteiger partial charge in [-0.15, -0.1) is 0 Å². The maximum atomic E-state index is 11.2. The maximum Gasteiger partial charge on any atom is 0.238 e. The molecule has 0 fully saturated rings. The van der Waals surface area contributed by atoms with Crippen LogP contribution in [-0.4, -0.2) is 8.42 Å². The first-order valence-corrected chi connectivity index (χ1v) is 8.04. The van der Waals surface area contributed by atoms with Gasteiger partial charge in [-0.1, -0.05) is 0 Å². The van der Waals surface area contributed by atoms with Gasteiger partial charge in [0.05, 0.1) is 16.3 Å². The highest BCUT2D eigenvalue weighted by Gasteiger charge is 2.10. The van der Waals surface area contributed by atoms with Crippen LogP contribution in [0, 0.1) is 6.92 Å². The average Bonchev–Trinajstić information content (AvgIpc) is 2.72. The van der Waals surface area contributed by atoms with Crippen molar-refractivity contribution in [2.45, 2.75) is 18.4 Å². The van der Waals surface area contributed by atoms with Crippen molar-refractivity contribution in [2.75, 3.05) is 11.1 Å². The summed E-state index contributed by atoms with van der Waals surface area (Å²) < 4.78 is 22.4. The molecule has 7 heteroatoms. The Hall–Kier alpha value is -1.57. The van der Waals surface area contributed by atoms with Crippen LogP contribution >= 0.6 is 11.3 Å². The van der Waals surface area contributed by atoms with Gasteiger partial charge < -0.3 is 11.1 Å². The fraction of sp³-hybridized carbons (Fsp3) is 0.167. The van der Waals surface area contributed by atoms with E-state index in [4.69, 9.17) is 10.9 Å². The molecule has 0 unspecified atom stereocenters. The number of nitrogens with two attached hydrogens (primary N) is 2. The number of nitrogen functional groups attached to an aromatic ring is 1. The highest BCUT2D eigenvalue weighted by molar-refractivity contribution is 7.89. The summed E-state index contributed by atoms with van der Waals surface area (Å²) in [4.78, 5) is 0.0160. The SMILES string of the molecule is Cc1cscc1CNc1ccc(S(N)(=O)=O)cc1N. The lowest BCUT2D eigenvalue weighted by Gasteiger charge is -2.10. The number of benzene rings is 1. The second-order valence-electron chi connectivity index (χ2n) is 4.23. The molecular formula is C12H15N3O2S2. The zero-order chi connectivity index (χ0) is 14.0. The highest BCUT2D eigenvalue weighted by Crippen LogP contribution is 2.23. The van der Waals surface area contributed by atoms with Gasteiger partial charge in [0.15, 0.2) is 0 Å². The fourth-order valence-corrected chi connectivity index (χ4v) is 3.04. The van der Waals surface area contributed by atoms with E-state index in [1.54, 1.807) is 17.4 Å². The van der Waals surface area contributed by atoms with Crippen LogP contribution in [0.2, 0.25) is 0 Å². The summed E-state index contributed by atoms with van der Waals surface area (Å²) in [6.07, 6.45) is 0. The Morgan fingerprint density at radius 2 is 2.05 bits per heavy atom. The first-order chi connectivity index (χ1) is 8.88. The van der Waals surface area contributed by atoms with E-state index < -0.39 is 10.0 Å². The van der Waals surface area contributed by atoms with E-state index >= 15 is 0 Å². The molecule has 0 aliphatic rings. The van der Waals surface area contributed by atoms with Crippen LogP contribution in [0.1, 0.15) is 11.1 Å². The number of hydrogen-bond donors (Lipinski definition) is 3. The Kier molecular flexibility index (Phi) is 3.79. The van der Waals surface area contributed by atoms with Gasteiger partial charge in [0, 0.05) is 6.54 Å². The van der Waals surface area contributed by atoms with E-state index in [-0.39, 0.29) is 4.90 Å². The van der Waals surface area contributed by atoms with Crippen molar-refractivity contribution >= 4 is 32.7 Å². The van der Waals surface area contributed by atoms with Gasteiger partial charge in [-0.3, -0.25) is 0 Å². The molecule has 1 aromatic carbocycles. The largest absolute Gasteiger partial charge is 0.397 e. The lowest BCUT2D eigenvalue weighted by Crippen LogP contribution is -2.13. The van der Waals surface area contributed by atoms with Crippen LogP contribution in [0.25, 0.3) is 0 Å². The van der Waals surface area contributed by atoms with Gasteiger partial charge in [-0.05, 0) is 47.0 Å². The molecule has 2 aromatic rings. The van der Waals surface area contributed by atoms with Crippen molar-refractivity contribution in [3.8, 4) is 0 Å². The molecule has 5 nitrogen and oxygen atoms in total. The summed E-state index contributed by atoms with van der Waals surface area (Å²) >= 11 is 1.64. The molecule has 2 rings (SSSR count). The van der Waals surface area contributed by atoms with Crippen LogP contribution < -0.4 is 16.2 Å². The fourth-order valence-electron chi connectivity index (χ4n) is 1.64. The third kappa shape index (κ3) is 3.25. The first-order valence-electron chi connectivity index (χ1n) is 5.56. The third-order valence-electron chi connectivity index (χ3n) is 2.78. The number of anilines is 2. The first kappa shape index (κ1) is 13.9. The predicted molar refractivity (Wildman–Crippen MR) is 78.6 cm³/mol. The molecule has 0 aliphatic heterocycles. The predicted octanol–water partition coefficient (Wildman–Crippen LogP) is 1.90. The standard InChI is InChI=1S/C12H15N3O2S2/c1-8-6-18-7-9(8)5-15-12-3-2-10(4-11(12)13)19(14,16)17/h2-4,6-7,15H,5,13H2,1H3,(H2,14,16,17). The quantitative estimate of drug-likeness (QED) is 0.751. The molecule has 0 bridgehead atoms. The molecule has 0 aliphatic carbocycles. The van der Waals surface area contributed by atoms with Gasteiger partial charge in [0.2, 0.25) is 10.0 Å². The maximum absolute atomic E-state index is 11.2. The van der Waals surface area contributed by atoms with Crippen LogP contribution in [0.15, 0.2) is 33.9 Å². The Morgan fingerprint density at radius 1 is 1.32 bits per heavy atom. The Morgan fingerprint density at radius 3 is 2.58 bits per heavy atom. The molecule has 102 valence electrons. The van der Waals surface area contributed by atoms with Crippen molar-refractivity contribution in [1.29, 1.82) is 0 Å². The molecule has 5 N–H and O–H groups in total. The molecule has 0 saturated carbocycles. The molecule has 1 aromatic heterocycles. The van der Waals surface area contributed by atoms with E-state index in [0.29, 0.717) is 17.9 Å². The van der Waals surface area contributed by atoms with E-state index in [2.05, 4.69) is 16.1 Å². The summed E-state index contributed by atoms with van der Waals surface area (Å²) in [7, 11) is -3.71. The smallest absolute Gasteiger partial charge is 0.238 e. The molecule has 0 spiro atoms. The highest BCUT2D eigenvalue weighted by atomic mass is 32.2. The van der Waals surface area contributed by atoms with E-state index in [9.17, 15) is 8.42 Å². The van der Waals surface area contributed by atoms with Crippen molar-refractivity contribution in [2.24, 2.45) is 5.14 Å². The Balaban J connectivity index is 2.16. The summed E-state index contributed by atoms with van der Waals surface area (Å²) in [5.41, 5.74) is 9.28. The number of hydrogen-bond acceptors (Lipinski definition) is 5. The minimum Gasteiger partial charge on any atom is -0.397 e. The number of aryl methyl sites for hydroxylation is 1. The summed E-state index contributed by atoms with van der Waals surface area (Å²) in [6.45, 7) is 2.69. The van der Waals surface area contributed by atoms with Crippen molar-refractivity contribution in [1.82, 2.24) is 0 Å². The number of primary sulfonamides is 1. The number of sulfonamides is 1. The molecule has 1 heterocycles. The van der Waals surface area contributed by atoms with Gasteiger partial charge in [-0.25, -0.2) is 13.6 Å². The second-order valence-corrected chi connectivity index (χ2v) is 6.53. The molecule has 19 heavy (non-hydrogen) atoms. The van der Waals surface area contributed by atoms with Gasteiger partial charge in [0.1, 0.15) is 0 Å². The monoisotopic (exact) mass is 297 g/mol. The van der Waals surface area contributed by atoms with Crippen molar-refractivity contribution in [3.05, 3.63) is 40.1 Å². The van der Waals surface area contributed by atoms with Crippen LogP contribution in [0.4, 0.5) is 11.4 Å². The lowest BCUT2D eigenvalue weighted by atomic mass is 10.2. The van der Waals surface area contributed by atoms with Crippen LogP contribution in [0.5, 0.6) is 0 Å². The molecule has 0 saturated heterocycles. The zero-order valence-corrected chi connectivity index (χ0v) is 12.0. The van der Waals surface area contributed by atoms with Crippen molar-refractivity contribution < 1.29 is 8.42 Å². The van der Waals surface area contributed by atoms with E-state index in [1.807, 2.05) is 6.92 Å². The van der Waals surface area contributed by atoms with Crippen molar-refractivity contribution in [3.63, 3.8) is 0 Å². The number of thiophene rings is 1. The second kappa shape index (κ2) is 5.20. The minimum absolute atomic E-state index is 0.0160. The number of nitrogens with one attached hydrogen (secondary N) is 1. The molecule has 0 atom stereocenters. The van der Waals surface area contributed by atoms with Gasteiger partial charge in [-0.2, -0.15) is 11.3 Å². The summed E-state index contributed by atoms with van der Waals surface area (Å²) in [5.74, 6) is 0. The normalized spacial score (nSPS) is 11.5. The van der Waals surface area contributed by atoms with Gasteiger partial charge >= 0.3 is 0 Å². The van der Waals surface area contributed by atoms with E-state index in [1.165, 1.54) is 23.3 Å². The number of rotatable bonds is 4. The Labute approximate surface area is 116 Å². The lowest BCUT2D eigenvalue weighted by molar-refractivity contribution is 0.598. The zero-order valence-electron chi connectivity index (χ0n) is 10.4. The average molecular weight is 297 g/mol. The Bertz CT molecular complexity index is 693. The third-order valence-corrected chi connectivity index (χ3v) is 4.60. The summed E-state index contributed by atoms with van der Waals surface area (Å²) in [6, 6.07) is 4.42. The van der Waals surface area contributed by atoms with Crippen LogP contribution in [-0.2, 0) is 16.6 Å². The minimum atomic E-state index is -3.71. The topological polar surface area (TPSA) is 98.2 Å². The molecular weight excluding hydrogens is 282 g/mol. The van der Waals surface area contributed by atoms with E-state index in [0.717, 1.165) is 0 Å². The van der Waals surface area contributed by atoms with Gasteiger partial charge in [0.25, 0.3) is 0 Å². The molecule has 0 amide bonds. The molecule has 0 radical (unpaired) electrons. The van der Waals surface area contributed by atoms with Crippen LogP contribution in [0.3, 0.4) is 0 Å².